The van der Waals surface area contributed by atoms with Gasteiger partial charge >= 0.3 is 5.97 Å². The molecular weight excluding hydrogens is 381 g/mol. The van der Waals surface area contributed by atoms with E-state index in [9.17, 15) is 14.0 Å². The van der Waals surface area contributed by atoms with Gasteiger partial charge in [0.2, 0.25) is 0 Å². The van der Waals surface area contributed by atoms with Gasteiger partial charge in [0.1, 0.15) is 17.1 Å². The predicted octanol–water partition coefficient (Wildman–Crippen LogP) is 3.96. The highest BCUT2D eigenvalue weighted by Gasteiger charge is 2.19. The van der Waals surface area contributed by atoms with Gasteiger partial charge in [-0.25, -0.2) is 9.18 Å². The van der Waals surface area contributed by atoms with Crippen LogP contribution in [0.4, 0.5) is 4.39 Å². The monoisotopic (exact) mass is 399 g/mol. The molecule has 1 atom stereocenters. The number of rotatable bonds is 7. The minimum absolute atomic E-state index is 0.242. The molecule has 1 amide bonds. The number of hydrogen-bond donors (Lipinski definition) is 1. The topological polar surface area (TPSA) is 64.6 Å². The van der Waals surface area contributed by atoms with Crippen molar-refractivity contribution >= 4 is 23.2 Å². The highest BCUT2D eigenvalue weighted by molar-refractivity contribution is 7.10. The molecule has 144 valence electrons. The third kappa shape index (κ3) is 4.75. The van der Waals surface area contributed by atoms with Crippen LogP contribution in [0.3, 0.4) is 0 Å². The summed E-state index contributed by atoms with van der Waals surface area (Å²) in [7, 11) is 1.28. The number of methoxy groups -OCH3 is 1. The van der Waals surface area contributed by atoms with Crippen molar-refractivity contribution < 1.29 is 23.5 Å². The van der Waals surface area contributed by atoms with E-state index in [-0.39, 0.29) is 29.6 Å². The summed E-state index contributed by atoms with van der Waals surface area (Å²) < 4.78 is 23.5. The van der Waals surface area contributed by atoms with Crippen LogP contribution in [0.1, 0.15) is 26.8 Å². The van der Waals surface area contributed by atoms with Crippen molar-refractivity contribution in [2.24, 2.45) is 0 Å². The Morgan fingerprint density at radius 1 is 1.07 bits per heavy atom. The van der Waals surface area contributed by atoms with E-state index in [4.69, 9.17) is 9.47 Å². The first kappa shape index (κ1) is 19.6. The zero-order valence-electron chi connectivity index (χ0n) is 15.1. The Morgan fingerprint density at radius 2 is 1.82 bits per heavy atom. The van der Waals surface area contributed by atoms with Crippen molar-refractivity contribution in [3.05, 3.63) is 87.9 Å². The molecule has 1 N–H and O–H groups in total. The lowest BCUT2D eigenvalue weighted by molar-refractivity contribution is -0.123. The summed E-state index contributed by atoms with van der Waals surface area (Å²) in [5.74, 6) is -0.997. The summed E-state index contributed by atoms with van der Waals surface area (Å²) in [4.78, 5) is 25.2. The van der Waals surface area contributed by atoms with E-state index < -0.39 is 12.0 Å². The van der Waals surface area contributed by atoms with Gasteiger partial charge in [-0.05, 0) is 41.3 Å². The molecule has 1 heterocycles. The lowest BCUT2D eigenvalue weighted by Gasteiger charge is -2.18. The lowest BCUT2D eigenvalue weighted by atomic mass is 10.1. The number of ether oxygens (including phenoxy) is 2. The number of nitrogens with one attached hydrogen (secondary N) is 1. The maximum absolute atomic E-state index is 13.3. The Bertz CT molecular complexity index is 941. The van der Waals surface area contributed by atoms with E-state index in [0.717, 1.165) is 10.4 Å². The summed E-state index contributed by atoms with van der Waals surface area (Å²) in [6, 6.07) is 15.9. The number of amides is 1. The SMILES string of the molecule is COC(=O)c1ccccc1OCC(=O)NC(c1ccc(F)cc1)c1cccs1. The minimum Gasteiger partial charge on any atom is -0.483 e. The fourth-order valence-electron chi connectivity index (χ4n) is 2.65. The summed E-state index contributed by atoms with van der Waals surface area (Å²) in [6.45, 7) is -0.281. The maximum Gasteiger partial charge on any atom is 0.341 e. The number of halogens is 1. The quantitative estimate of drug-likeness (QED) is 0.611. The van der Waals surface area contributed by atoms with Crippen molar-refractivity contribution in [1.82, 2.24) is 5.32 Å². The molecule has 3 aromatic rings. The average Bonchev–Trinajstić information content (AvgIpc) is 3.25. The summed E-state index contributed by atoms with van der Waals surface area (Å²) >= 11 is 1.49. The molecule has 2 aromatic carbocycles. The first-order chi connectivity index (χ1) is 13.6. The molecule has 0 spiro atoms. The zero-order chi connectivity index (χ0) is 19.9. The molecule has 7 heteroatoms. The molecule has 0 saturated heterocycles. The van der Waals surface area contributed by atoms with Gasteiger partial charge in [-0.3, -0.25) is 4.79 Å². The second-order valence-electron chi connectivity index (χ2n) is 5.84. The standard InChI is InChI=1S/C21H18FNO4S/c1-26-21(25)16-5-2-3-6-17(16)27-13-19(24)23-20(18-7-4-12-28-18)14-8-10-15(22)11-9-14/h2-12,20H,13H2,1H3,(H,23,24). The van der Waals surface area contributed by atoms with Gasteiger partial charge in [0, 0.05) is 4.88 Å². The fourth-order valence-corrected chi connectivity index (χ4v) is 3.45. The van der Waals surface area contributed by atoms with E-state index >= 15 is 0 Å². The molecular formula is C21H18FNO4S. The van der Waals surface area contributed by atoms with Crippen molar-refractivity contribution in [3.8, 4) is 5.75 Å². The van der Waals surface area contributed by atoms with Crippen molar-refractivity contribution in [2.45, 2.75) is 6.04 Å². The third-order valence-corrected chi connectivity index (χ3v) is 4.92. The molecule has 0 saturated carbocycles. The Labute approximate surface area is 165 Å². The van der Waals surface area contributed by atoms with Gasteiger partial charge in [-0.2, -0.15) is 0 Å². The predicted molar refractivity (Wildman–Crippen MR) is 104 cm³/mol. The lowest BCUT2D eigenvalue weighted by Crippen LogP contribution is -2.33. The molecule has 1 aromatic heterocycles. The van der Waals surface area contributed by atoms with Crippen LogP contribution in [0.5, 0.6) is 5.75 Å². The van der Waals surface area contributed by atoms with Crippen LogP contribution in [0.25, 0.3) is 0 Å². The van der Waals surface area contributed by atoms with E-state index in [1.807, 2.05) is 17.5 Å². The Kier molecular flexibility index (Phi) is 6.39. The molecule has 0 radical (unpaired) electrons. The molecule has 5 nitrogen and oxygen atoms in total. The highest BCUT2D eigenvalue weighted by Crippen LogP contribution is 2.26. The van der Waals surface area contributed by atoms with Crippen LogP contribution in [-0.4, -0.2) is 25.6 Å². The largest absolute Gasteiger partial charge is 0.483 e. The molecule has 0 bridgehead atoms. The molecule has 3 rings (SSSR count). The second kappa shape index (κ2) is 9.14. The van der Waals surface area contributed by atoms with Crippen LogP contribution in [0, 0.1) is 5.82 Å². The average molecular weight is 399 g/mol. The Hall–Kier alpha value is -3.19. The van der Waals surface area contributed by atoms with Crippen molar-refractivity contribution in [2.75, 3.05) is 13.7 Å². The smallest absolute Gasteiger partial charge is 0.341 e. The Morgan fingerprint density at radius 3 is 2.50 bits per heavy atom. The number of para-hydroxylation sites is 1. The molecule has 0 aliphatic heterocycles. The number of carbonyl (C=O) groups is 2. The third-order valence-electron chi connectivity index (χ3n) is 3.99. The summed E-state index contributed by atoms with van der Waals surface area (Å²) in [5.41, 5.74) is 0.998. The molecule has 0 aliphatic rings. The number of thiophene rings is 1. The van der Waals surface area contributed by atoms with Gasteiger partial charge in [0.25, 0.3) is 5.91 Å². The molecule has 1 unspecified atom stereocenters. The van der Waals surface area contributed by atoms with Crippen molar-refractivity contribution in [1.29, 1.82) is 0 Å². The fraction of sp³-hybridized carbons (Fsp3) is 0.143. The van der Waals surface area contributed by atoms with E-state index in [1.165, 1.54) is 30.6 Å². The van der Waals surface area contributed by atoms with Crippen molar-refractivity contribution in [3.63, 3.8) is 0 Å². The number of esters is 1. The minimum atomic E-state index is -0.543. The van der Waals surface area contributed by atoms with Gasteiger partial charge in [0.05, 0.1) is 13.2 Å². The van der Waals surface area contributed by atoms with E-state index in [2.05, 4.69) is 5.32 Å². The van der Waals surface area contributed by atoms with Crippen LogP contribution in [0.2, 0.25) is 0 Å². The first-order valence-electron chi connectivity index (χ1n) is 8.47. The zero-order valence-corrected chi connectivity index (χ0v) is 15.9. The summed E-state index contributed by atoms with van der Waals surface area (Å²) in [6.07, 6.45) is 0. The van der Waals surface area contributed by atoms with Crippen LogP contribution in [0.15, 0.2) is 66.0 Å². The van der Waals surface area contributed by atoms with E-state index in [0.29, 0.717) is 0 Å². The maximum atomic E-state index is 13.3. The van der Waals surface area contributed by atoms with Gasteiger partial charge in [-0.15, -0.1) is 11.3 Å². The molecule has 0 aliphatic carbocycles. The Balaban J connectivity index is 1.72. The first-order valence-corrected chi connectivity index (χ1v) is 9.35. The molecule has 0 fully saturated rings. The second-order valence-corrected chi connectivity index (χ2v) is 6.82. The van der Waals surface area contributed by atoms with Gasteiger partial charge in [-0.1, -0.05) is 30.3 Å². The molecule has 28 heavy (non-hydrogen) atoms. The highest BCUT2D eigenvalue weighted by atomic mass is 32.1. The number of hydrogen-bond acceptors (Lipinski definition) is 5. The summed E-state index contributed by atoms with van der Waals surface area (Å²) in [5, 5.41) is 4.80. The number of benzene rings is 2. The van der Waals surface area contributed by atoms with E-state index in [1.54, 1.807) is 36.4 Å². The van der Waals surface area contributed by atoms with Crippen LogP contribution < -0.4 is 10.1 Å². The van der Waals surface area contributed by atoms with Gasteiger partial charge < -0.3 is 14.8 Å². The number of carbonyl (C=O) groups excluding carboxylic acids is 2. The van der Waals surface area contributed by atoms with Gasteiger partial charge in [0.15, 0.2) is 6.61 Å². The van der Waals surface area contributed by atoms with Crippen LogP contribution >= 0.6 is 11.3 Å². The van der Waals surface area contributed by atoms with Crippen LogP contribution in [-0.2, 0) is 9.53 Å². The normalized spacial score (nSPS) is 11.5.